The van der Waals surface area contributed by atoms with Crippen molar-refractivity contribution < 1.29 is 0 Å². The lowest BCUT2D eigenvalue weighted by atomic mass is 9.82. The Morgan fingerprint density at radius 2 is 1.02 bits per heavy atom. The van der Waals surface area contributed by atoms with Gasteiger partial charge in [-0.1, -0.05) is 153 Å². The van der Waals surface area contributed by atoms with Gasteiger partial charge in [0, 0.05) is 39.2 Å². The van der Waals surface area contributed by atoms with E-state index >= 15 is 0 Å². The fraction of sp³-hybridized carbons (Fsp3) is 0.0877. The van der Waals surface area contributed by atoms with Gasteiger partial charge in [-0.15, -0.1) is 0 Å². The molecule has 0 aliphatic heterocycles. The molecule has 0 spiro atoms. The molecule has 0 heterocycles. The van der Waals surface area contributed by atoms with Crippen LogP contribution in [0.3, 0.4) is 0 Å². The minimum atomic E-state index is -0.238. The SMILES string of the molecule is CC1(C)c2cc(N(c3ccc(-c4ccc5c(c4)CCC=C5)cc3)c3ccc4ccccc4c3)ccc2-c2ccc(N(c3ccccc3)c3cccc4ccccc34)cc21. The number of hydrogen-bond donors (Lipinski definition) is 0. The number of nitrogens with zero attached hydrogens (tertiary/aromatic N) is 2. The van der Waals surface area contributed by atoms with Gasteiger partial charge in [-0.3, -0.25) is 0 Å². The van der Waals surface area contributed by atoms with Crippen molar-refractivity contribution in [3.05, 3.63) is 222 Å². The first-order valence-corrected chi connectivity index (χ1v) is 20.8. The molecule has 9 aromatic carbocycles. The molecule has 282 valence electrons. The predicted molar refractivity (Wildman–Crippen MR) is 251 cm³/mol. The van der Waals surface area contributed by atoms with E-state index in [1.807, 2.05) is 0 Å². The number of anilines is 6. The van der Waals surface area contributed by atoms with Crippen LogP contribution in [0.15, 0.2) is 200 Å². The lowest BCUT2D eigenvalue weighted by molar-refractivity contribution is 0.660. The molecule has 0 aromatic heterocycles. The molecule has 0 bridgehead atoms. The summed E-state index contributed by atoms with van der Waals surface area (Å²) in [4.78, 5) is 4.84. The maximum atomic E-state index is 2.44. The lowest BCUT2D eigenvalue weighted by Gasteiger charge is -2.30. The lowest BCUT2D eigenvalue weighted by Crippen LogP contribution is -2.17. The van der Waals surface area contributed by atoms with Gasteiger partial charge in [0.15, 0.2) is 0 Å². The van der Waals surface area contributed by atoms with Gasteiger partial charge < -0.3 is 9.80 Å². The van der Waals surface area contributed by atoms with Gasteiger partial charge in [-0.25, -0.2) is 0 Å². The van der Waals surface area contributed by atoms with Gasteiger partial charge in [0.05, 0.1) is 5.69 Å². The number of aryl methyl sites for hydroxylation is 1. The molecule has 0 atom stereocenters. The zero-order valence-electron chi connectivity index (χ0n) is 33.4. The Morgan fingerprint density at radius 1 is 0.424 bits per heavy atom. The standard InChI is InChI=1S/C57H44N2/c1-57(2)54-37-49(31-33-52(54)53-34-32-50(38-55(53)57)59(46-19-4-3-5-20-46)56-22-12-18-42-15-10-11-21-51(42)56)58(48-30-27-40-14-7-9-17-44(40)36-48)47-28-25-41(26-29-47)45-24-23-39-13-6-8-16-43(39)35-45/h3-7,9-15,17-38H,8,16H2,1-2H3. The summed E-state index contributed by atoms with van der Waals surface area (Å²) in [5.41, 5.74) is 17.2. The Morgan fingerprint density at radius 3 is 1.80 bits per heavy atom. The molecule has 0 radical (unpaired) electrons. The van der Waals surface area contributed by atoms with Crippen LogP contribution < -0.4 is 9.80 Å². The highest BCUT2D eigenvalue weighted by Gasteiger charge is 2.37. The van der Waals surface area contributed by atoms with Crippen LogP contribution in [-0.2, 0) is 11.8 Å². The average Bonchev–Trinajstić information content (AvgIpc) is 3.51. The van der Waals surface area contributed by atoms with Gasteiger partial charge in [0.1, 0.15) is 0 Å². The van der Waals surface area contributed by atoms with Gasteiger partial charge in [-0.05, 0) is 140 Å². The summed E-state index contributed by atoms with van der Waals surface area (Å²) in [5, 5.41) is 4.93. The molecule has 0 saturated heterocycles. The van der Waals surface area contributed by atoms with Crippen molar-refractivity contribution in [2.75, 3.05) is 9.80 Å². The van der Waals surface area contributed by atoms with Gasteiger partial charge in [0.25, 0.3) is 0 Å². The monoisotopic (exact) mass is 756 g/mol. The fourth-order valence-electron chi connectivity index (χ4n) is 9.58. The van der Waals surface area contributed by atoms with Crippen LogP contribution >= 0.6 is 0 Å². The van der Waals surface area contributed by atoms with E-state index in [4.69, 9.17) is 0 Å². The maximum Gasteiger partial charge on any atom is 0.0540 e. The highest BCUT2D eigenvalue weighted by Crippen LogP contribution is 2.53. The van der Waals surface area contributed by atoms with E-state index in [1.54, 1.807) is 0 Å². The summed E-state index contributed by atoms with van der Waals surface area (Å²) in [5.74, 6) is 0. The molecule has 2 nitrogen and oxygen atoms in total. The van der Waals surface area contributed by atoms with Gasteiger partial charge in [-0.2, -0.15) is 0 Å². The first-order chi connectivity index (χ1) is 29.0. The largest absolute Gasteiger partial charge is 0.310 e. The van der Waals surface area contributed by atoms with Crippen molar-refractivity contribution in [2.45, 2.75) is 32.1 Å². The molecule has 0 fully saturated rings. The summed E-state index contributed by atoms with van der Waals surface area (Å²) in [6, 6.07) is 71.8. The second-order valence-electron chi connectivity index (χ2n) is 16.5. The van der Waals surface area contributed by atoms with E-state index in [0.717, 1.165) is 41.3 Å². The molecule has 0 saturated carbocycles. The van der Waals surface area contributed by atoms with Crippen LogP contribution in [0.1, 0.15) is 42.5 Å². The Kier molecular flexibility index (Phi) is 8.34. The van der Waals surface area contributed by atoms with E-state index in [1.165, 1.54) is 71.7 Å². The summed E-state index contributed by atoms with van der Waals surface area (Å²) in [7, 11) is 0. The van der Waals surface area contributed by atoms with Crippen LogP contribution in [0.5, 0.6) is 0 Å². The number of rotatable bonds is 7. The van der Waals surface area contributed by atoms with Crippen molar-refractivity contribution in [2.24, 2.45) is 0 Å². The first kappa shape index (κ1) is 35.0. The minimum Gasteiger partial charge on any atom is -0.310 e. The van der Waals surface area contributed by atoms with Crippen LogP contribution in [0, 0.1) is 0 Å². The Balaban J connectivity index is 1.01. The molecule has 2 aliphatic carbocycles. The average molecular weight is 757 g/mol. The van der Waals surface area contributed by atoms with E-state index in [-0.39, 0.29) is 5.41 Å². The number of allylic oxidation sites excluding steroid dienone is 1. The van der Waals surface area contributed by atoms with Crippen molar-refractivity contribution in [1.82, 2.24) is 0 Å². The van der Waals surface area contributed by atoms with E-state index in [2.05, 4.69) is 230 Å². The van der Waals surface area contributed by atoms with Crippen LogP contribution in [0.4, 0.5) is 34.1 Å². The van der Waals surface area contributed by atoms with E-state index in [0.29, 0.717) is 0 Å². The topological polar surface area (TPSA) is 6.48 Å². The molecule has 0 unspecified atom stereocenters. The second-order valence-corrected chi connectivity index (χ2v) is 16.5. The fourth-order valence-corrected chi connectivity index (χ4v) is 9.58. The normalized spacial score (nSPS) is 13.5. The summed E-state index contributed by atoms with van der Waals surface area (Å²) in [6.45, 7) is 4.78. The molecular weight excluding hydrogens is 713 g/mol. The first-order valence-electron chi connectivity index (χ1n) is 20.8. The highest BCUT2D eigenvalue weighted by atomic mass is 15.1. The quantitative estimate of drug-likeness (QED) is 0.160. The molecule has 0 amide bonds. The zero-order valence-corrected chi connectivity index (χ0v) is 33.4. The molecule has 2 aliphatic rings. The molecule has 9 aromatic rings. The molecule has 11 rings (SSSR count). The highest BCUT2D eigenvalue weighted by molar-refractivity contribution is 5.99. The number of hydrogen-bond acceptors (Lipinski definition) is 2. The van der Waals surface area contributed by atoms with Crippen molar-refractivity contribution in [3.63, 3.8) is 0 Å². The van der Waals surface area contributed by atoms with Crippen LogP contribution in [0.25, 0.3) is 49.9 Å². The molecule has 0 N–H and O–H groups in total. The predicted octanol–water partition coefficient (Wildman–Crippen LogP) is 15.9. The zero-order chi connectivity index (χ0) is 39.5. The second kappa shape index (κ2) is 14.0. The van der Waals surface area contributed by atoms with Gasteiger partial charge in [0.2, 0.25) is 0 Å². The molecule has 2 heteroatoms. The summed E-state index contributed by atoms with van der Waals surface area (Å²) < 4.78 is 0. The Bertz CT molecular complexity index is 3080. The minimum absolute atomic E-state index is 0.238. The van der Waals surface area contributed by atoms with Crippen molar-refractivity contribution >= 4 is 61.7 Å². The number of para-hydroxylation sites is 1. The van der Waals surface area contributed by atoms with E-state index in [9.17, 15) is 0 Å². The van der Waals surface area contributed by atoms with Crippen LogP contribution in [0.2, 0.25) is 0 Å². The summed E-state index contributed by atoms with van der Waals surface area (Å²) >= 11 is 0. The third-order valence-corrected chi connectivity index (χ3v) is 12.7. The Hall–Kier alpha value is -7.16. The van der Waals surface area contributed by atoms with E-state index < -0.39 is 0 Å². The third kappa shape index (κ3) is 6.03. The summed E-state index contributed by atoms with van der Waals surface area (Å²) in [6.07, 6.45) is 6.75. The van der Waals surface area contributed by atoms with Crippen LogP contribution in [-0.4, -0.2) is 0 Å². The van der Waals surface area contributed by atoms with Gasteiger partial charge >= 0.3 is 0 Å². The maximum absolute atomic E-state index is 2.44. The smallest absolute Gasteiger partial charge is 0.0540 e. The van der Waals surface area contributed by atoms with Crippen molar-refractivity contribution in [1.29, 1.82) is 0 Å². The number of benzene rings is 9. The molecule has 59 heavy (non-hydrogen) atoms. The Labute approximate surface area is 347 Å². The van der Waals surface area contributed by atoms with Crippen molar-refractivity contribution in [3.8, 4) is 22.3 Å². The third-order valence-electron chi connectivity index (χ3n) is 12.7. The number of fused-ring (bicyclic) bond motifs is 6. The molecular formula is C57H44N2.